The highest BCUT2D eigenvalue weighted by atomic mass is 16.6. The van der Waals surface area contributed by atoms with Gasteiger partial charge >= 0.3 is 11.9 Å². The van der Waals surface area contributed by atoms with Crippen LogP contribution in [0.15, 0.2) is 0 Å². The Bertz CT molecular complexity index is 253. The Labute approximate surface area is 96.4 Å². The molecule has 5 heteroatoms. The predicted molar refractivity (Wildman–Crippen MR) is 60.2 cm³/mol. The molecule has 0 fully saturated rings. The fraction of sp³-hybridized carbons (Fsp3) is 0.818. The Balaban J connectivity index is 4.79. The molecule has 0 aromatic carbocycles. The Morgan fingerprint density at radius 1 is 1.25 bits per heavy atom. The zero-order valence-electron chi connectivity index (χ0n) is 10.6. The van der Waals surface area contributed by atoms with E-state index >= 15 is 0 Å². The van der Waals surface area contributed by atoms with Crippen molar-refractivity contribution in [3.8, 4) is 0 Å². The van der Waals surface area contributed by atoms with Gasteiger partial charge in [0.05, 0.1) is 0 Å². The van der Waals surface area contributed by atoms with E-state index in [-0.39, 0.29) is 0 Å². The van der Waals surface area contributed by atoms with Gasteiger partial charge in [0.15, 0.2) is 0 Å². The highest BCUT2D eigenvalue weighted by Crippen LogP contribution is 2.11. The summed E-state index contributed by atoms with van der Waals surface area (Å²) in [5, 5.41) is 9.03. The van der Waals surface area contributed by atoms with Crippen LogP contribution in [-0.2, 0) is 14.3 Å². The molecule has 0 aromatic heterocycles. The maximum absolute atomic E-state index is 11.7. The Morgan fingerprint density at radius 2 is 1.69 bits per heavy atom. The quantitative estimate of drug-likeness (QED) is 0.567. The zero-order chi connectivity index (χ0) is 12.9. The number of ether oxygens (including phenoxy) is 1. The molecule has 0 radical (unpaired) electrons. The van der Waals surface area contributed by atoms with E-state index in [1.54, 1.807) is 25.7 Å². The summed E-state index contributed by atoms with van der Waals surface area (Å²) >= 11 is 0. The van der Waals surface area contributed by atoms with Crippen LogP contribution >= 0.6 is 0 Å². The number of hydrogen-bond donors (Lipinski definition) is 1. The lowest BCUT2D eigenvalue weighted by Gasteiger charge is -2.28. The number of likely N-dealkylation sites (N-methyl/N-ethyl adjacent to an activating group) is 1. The number of rotatable bonds is 5. The summed E-state index contributed by atoms with van der Waals surface area (Å²) < 4.78 is 5.08. The molecule has 1 atom stereocenters. The molecule has 0 heterocycles. The Morgan fingerprint density at radius 3 is 1.94 bits per heavy atom. The van der Waals surface area contributed by atoms with Gasteiger partial charge in [0, 0.05) is 0 Å². The van der Waals surface area contributed by atoms with Gasteiger partial charge in [-0.25, -0.2) is 9.59 Å². The van der Waals surface area contributed by atoms with Gasteiger partial charge in [0.2, 0.25) is 6.04 Å². The zero-order valence-corrected chi connectivity index (χ0v) is 10.6. The molecule has 94 valence electrons. The third-order valence-electron chi connectivity index (χ3n) is 2.04. The minimum absolute atomic E-state index is 0.493. The molecule has 0 aromatic rings. The minimum atomic E-state index is -1.21. The first kappa shape index (κ1) is 14.9. The van der Waals surface area contributed by atoms with Gasteiger partial charge in [-0.2, -0.15) is 0 Å². The van der Waals surface area contributed by atoms with Gasteiger partial charge in [0.25, 0.3) is 0 Å². The normalized spacial score (nSPS) is 13.6. The van der Waals surface area contributed by atoms with Gasteiger partial charge in [0.1, 0.15) is 5.60 Å². The number of carboxylic acid groups (broad SMARTS) is 1. The van der Waals surface area contributed by atoms with Gasteiger partial charge in [-0.3, -0.25) is 4.90 Å². The van der Waals surface area contributed by atoms with E-state index < -0.39 is 23.6 Å². The first-order valence-corrected chi connectivity index (χ1v) is 5.42. The lowest BCUT2D eigenvalue weighted by atomic mass is 10.2. The number of carbonyl (C=O) groups is 2. The van der Waals surface area contributed by atoms with Crippen LogP contribution in [0.5, 0.6) is 0 Å². The molecule has 0 aliphatic rings. The number of nitrogens with zero attached hydrogens (tertiary/aromatic N) is 1. The van der Waals surface area contributed by atoms with E-state index in [4.69, 9.17) is 9.84 Å². The predicted octanol–water partition coefficient (Wildman–Crippen LogP) is 1.12. The van der Waals surface area contributed by atoms with E-state index in [0.29, 0.717) is 13.1 Å². The van der Waals surface area contributed by atoms with Crippen LogP contribution in [0.1, 0.15) is 34.6 Å². The fourth-order valence-corrected chi connectivity index (χ4v) is 1.35. The van der Waals surface area contributed by atoms with Gasteiger partial charge in [-0.05, 0) is 33.9 Å². The van der Waals surface area contributed by atoms with E-state index in [2.05, 4.69) is 0 Å². The second kappa shape index (κ2) is 5.84. The van der Waals surface area contributed by atoms with Crippen LogP contribution in [0.25, 0.3) is 0 Å². The average Bonchev–Trinajstić information content (AvgIpc) is 2.09. The van der Waals surface area contributed by atoms with Crippen LogP contribution in [0.4, 0.5) is 0 Å². The number of carboxylic acids is 1. The van der Waals surface area contributed by atoms with E-state index in [1.165, 1.54) is 0 Å². The molecule has 0 rings (SSSR count). The molecular weight excluding hydrogens is 210 g/mol. The molecule has 0 amide bonds. The first-order chi connectivity index (χ1) is 7.22. The van der Waals surface area contributed by atoms with Crippen molar-refractivity contribution in [3.05, 3.63) is 0 Å². The Kier molecular flexibility index (Phi) is 5.44. The van der Waals surface area contributed by atoms with Crippen molar-refractivity contribution in [2.75, 3.05) is 13.1 Å². The monoisotopic (exact) mass is 231 g/mol. The standard InChI is InChI=1S/C11H21NO4/c1-6-12(7-2)8(9(13)14)10(15)16-11(3,4)5/h8H,6-7H2,1-5H3,(H,13,14). The lowest BCUT2D eigenvalue weighted by Crippen LogP contribution is -2.49. The second-order valence-corrected chi connectivity index (χ2v) is 4.50. The van der Waals surface area contributed by atoms with Gasteiger partial charge < -0.3 is 9.84 Å². The molecule has 0 bridgehead atoms. The van der Waals surface area contributed by atoms with Crippen molar-refractivity contribution < 1.29 is 19.4 Å². The number of aliphatic carboxylic acids is 1. The summed E-state index contributed by atoms with van der Waals surface area (Å²) in [7, 11) is 0. The van der Waals surface area contributed by atoms with Gasteiger partial charge in [-0.1, -0.05) is 13.8 Å². The molecule has 0 saturated carbocycles. The van der Waals surface area contributed by atoms with E-state index in [0.717, 1.165) is 0 Å². The molecular formula is C11H21NO4. The average molecular weight is 231 g/mol. The summed E-state index contributed by atoms with van der Waals surface area (Å²) in [6, 6.07) is -1.21. The van der Waals surface area contributed by atoms with Crippen molar-refractivity contribution in [2.24, 2.45) is 0 Å². The largest absolute Gasteiger partial charge is 0.480 e. The molecule has 0 saturated heterocycles. The molecule has 5 nitrogen and oxygen atoms in total. The van der Waals surface area contributed by atoms with E-state index in [1.807, 2.05) is 13.8 Å². The van der Waals surface area contributed by atoms with E-state index in [9.17, 15) is 9.59 Å². The topological polar surface area (TPSA) is 66.8 Å². The summed E-state index contributed by atoms with van der Waals surface area (Å²) in [6.45, 7) is 9.75. The van der Waals surface area contributed by atoms with Crippen LogP contribution in [0.3, 0.4) is 0 Å². The second-order valence-electron chi connectivity index (χ2n) is 4.50. The number of carbonyl (C=O) groups excluding carboxylic acids is 1. The van der Waals surface area contributed by atoms with Crippen LogP contribution < -0.4 is 0 Å². The fourth-order valence-electron chi connectivity index (χ4n) is 1.35. The first-order valence-electron chi connectivity index (χ1n) is 5.42. The van der Waals surface area contributed by atoms with Crippen LogP contribution in [0.2, 0.25) is 0 Å². The number of esters is 1. The molecule has 16 heavy (non-hydrogen) atoms. The summed E-state index contributed by atoms with van der Waals surface area (Å²) in [5.74, 6) is -1.87. The third-order valence-corrected chi connectivity index (χ3v) is 2.04. The maximum atomic E-state index is 11.7. The van der Waals surface area contributed by atoms with Gasteiger partial charge in [-0.15, -0.1) is 0 Å². The summed E-state index contributed by atoms with van der Waals surface area (Å²) in [6.07, 6.45) is 0. The Hall–Kier alpha value is -1.10. The van der Waals surface area contributed by atoms with Crippen molar-refractivity contribution in [2.45, 2.75) is 46.3 Å². The molecule has 0 spiro atoms. The van der Waals surface area contributed by atoms with Crippen molar-refractivity contribution in [3.63, 3.8) is 0 Å². The smallest absolute Gasteiger partial charge is 0.335 e. The van der Waals surface area contributed by atoms with Crippen molar-refractivity contribution in [1.82, 2.24) is 4.90 Å². The van der Waals surface area contributed by atoms with Crippen molar-refractivity contribution in [1.29, 1.82) is 0 Å². The molecule has 1 N–H and O–H groups in total. The number of hydrogen-bond acceptors (Lipinski definition) is 4. The molecule has 0 aliphatic heterocycles. The highest BCUT2D eigenvalue weighted by molar-refractivity contribution is 5.98. The van der Waals surface area contributed by atoms with Crippen molar-refractivity contribution >= 4 is 11.9 Å². The SMILES string of the molecule is CCN(CC)C(C(=O)O)C(=O)OC(C)(C)C. The molecule has 1 unspecified atom stereocenters. The highest BCUT2D eigenvalue weighted by Gasteiger charge is 2.34. The summed E-state index contributed by atoms with van der Waals surface area (Å²) in [4.78, 5) is 24.3. The maximum Gasteiger partial charge on any atom is 0.335 e. The van der Waals surface area contributed by atoms with Crippen LogP contribution in [0, 0.1) is 0 Å². The van der Waals surface area contributed by atoms with Crippen LogP contribution in [-0.4, -0.2) is 46.7 Å². The summed E-state index contributed by atoms with van der Waals surface area (Å²) in [5.41, 5.74) is -0.669. The lowest BCUT2D eigenvalue weighted by molar-refractivity contribution is -0.168. The molecule has 0 aliphatic carbocycles. The minimum Gasteiger partial charge on any atom is -0.480 e. The third kappa shape index (κ3) is 4.61.